The number of rotatable bonds is 5. The molecule has 0 fully saturated rings. The first kappa shape index (κ1) is 17.6. The molecule has 128 valence electrons. The largest absolute Gasteiger partial charge is 0.411 e. The summed E-state index contributed by atoms with van der Waals surface area (Å²) in [5, 5.41) is 8.00. The number of ketones is 1. The molecule has 4 nitrogen and oxygen atoms in total. The third kappa shape index (κ3) is 4.05. The fraction of sp³-hybridized carbons (Fsp3) is 0.118. The van der Waals surface area contributed by atoms with Crippen LogP contribution in [0.5, 0.6) is 0 Å². The van der Waals surface area contributed by atoms with Crippen molar-refractivity contribution < 1.29 is 18.0 Å². The zero-order valence-electron chi connectivity index (χ0n) is 12.9. The monoisotopic (exact) mass is 380 g/mol. The quantitative estimate of drug-likeness (QED) is 0.459. The van der Waals surface area contributed by atoms with Gasteiger partial charge in [-0.2, -0.15) is 0 Å². The van der Waals surface area contributed by atoms with E-state index in [0.717, 1.165) is 23.9 Å². The molecular formula is C17H11ClF2N2O2S. The maximum absolute atomic E-state index is 13.3. The van der Waals surface area contributed by atoms with Crippen LogP contribution in [-0.2, 0) is 0 Å². The van der Waals surface area contributed by atoms with E-state index >= 15 is 0 Å². The average molecular weight is 381 g/mol. The lowest BCUT2D eigenvalue weighted by Gasteiger charge is -2.07. The summed E-state index contributed by atoms with van der Waals surface area (Å²) >= 11 is 6.87. The van der Waals surface area contributed by atoms with Gasteiger partial charge in [0.05, 0.1) is 5.25 Å². The Balaban J connectivity index is 1.72. The predicted molar refractivity (Wildman–Crippen MR) is 90.8 cm³/mol. The Labute approximate surface area is 151 Å². The highest BCUT2D eigenvalue weighted by molar-refractivity contribution is 8.00. The number of carbonyl (C=O) groups is 1. The minimum absolute atomic E-state index is 0.0799. The molecule has 1 atom stereocenters. The summed E-state index contributed by atoms with van der Waals surface area (Å²) in [4.78, 5) is 12.3. The molecule has 1 aromatic heterocycles. The molecule has 0 amide bonds. The van der Waals surface area contributed by atoms with Crippen LogP contribution < -0.4 is 0 Å². The molecule has 3 aromatic rings. The fourth-order valence-electron chi connectivity index (χ4n) is 2.06. The van der Waals surface area contributed by atoms with E-state index < -0.39 is 16.9 Å². The Morgan fingerprint density at radius 2 is 1.84 bits per heavy atom. The molecule has 0 spiro atoms. The van der Waals surface area contributed by atoms with E-state index in [0.29, 0.717) is 16.5 Å². The normalized spacial score (nSPS) is 12.2. The van der Waals surface area contributed by atoms with Crippen LogP contribution in [0.4, 0.5) is 8.78 Å². The second-order valence-corrected chi connectivity index (χ2v) is 6.86. The Morgan fingerprint density at radius 1 is 1.12 bits per heavy atom. The number of hydrogen-bond donors (Lipinski definition) is 0. The molecule has 0 aliphatic carbocycles. The van der Waals surface area contributed by atoms with Crippen LogP contribution in [0.25, 0.3) is 11.5 Å². The molecule has 0 N–H and O–H groups in total. The van der Waals surface area contributed by atoms with Crippen LogP contribution >= 0.6 is 23.4 Å². The Kier molecular flexibility index (Phi) is 5.15. The van der Waals surface area contributed by atoms with Crippen molar-refractivity contribution in [2.24, 2.45) is 0 Å². The zero-order chi connectivity index (χ0) is 18.0. The van der Waals surface area contributed by atoms with Gasteiger partial charge in [-0.15, -0.1) is 10.2 Å². The number of hydrogen-bond acceptors (Lipinski definition) is 5. The summed E-state index contributed by atoms with van der Waals surface area (Å²) in [6.07, 6.45) is 0. The molecule has 0 saturated carbocycles. The molecule has 0 aliphatic rings. The summed E-state index contributed by atoms with van der Waals surface area (Å²) in [7, 11) is 0. The lowest BCUT2D eigenvalue weighted by atomic mass is 10.1. The van der Waals surface area contributed by atoms with Gasteiger partial charge >= 0.3 is 0 Å². The summed E-state index contributed by atoms with van der Waals surface area (Å²) in [6, 6.07) is 9.91. The highest BCUT2D eigenvalue weighted by atomic mass is 35.5. The summed E-state index contributed by atoms with van der Waals surface area (Å²) in [6.45, 7) is 1.63. The summed E-state index contributed by atoms with van der Waals surface area (Å²) in [5.41, 5.74) is 0.777. The zero-order valence-corrected chi connectivity index (χ0v) is 14.4. The highest BCUT2D eigenvalue weighted by Gasteiger charge is 2.21. The van der Waals surface area contributed by atoms with Crippen molar-refractivity contribution in [2.45, 2.75) is 17.4 Å². The molecule has 0 bridgehead atoms. The van der Waals surface area contributed by atoms with Gasteiger partial charge in [-0.3, -0.25) is 4.79 Å². The van der Waals surface area contributed by atoms with Crippen LogP contribution in [0.15, 0.2) is 52.1 Å². The van der Waals surface area contributed by atoms with Gasteiger partial charge < -0.3 is 4.42 Å². The van der Waals surface area contributed by atoms with Crippen LogP contribution in [0.2, 0.25) is 5.02 Å². The molecule has 1 heterocycles. The second-order valence-electron chi connectivity index (χ2n) is 5.13. The maximum atomic E-state index is 13.3. The topological polar surface area (TPSA) is 56.0 Å². The fourth-order valence-corrected chi connectivity index (χ4v) is 2.94. The second kappa shape index (κ2) is 7.33. The van der Waals surface area contributed by atoms with Gasteiger partial charge in [0.15, 0.2) is 17.4 Å². The van der Waals surface area contributed by atoms with E-state index in [1.54, 1.807) is 31.2 Å². The standard InChI is InChI=1S/C17H11ClF2N2O2S/c1-9(15(23)11-4-7-13(19)14(20)8-11)25-17-22-21-16(24-17)10-2-5-12(18)6-3-10/h2-9H,1H3. The Hall–Kier alpha value is -2.25. The molecule has 0 aliphatic heterocycles. The van der Waals surface area contributed by atoms with Crippen molar-refractivity contribution in [2.75, 3.05) is 0 Å². The van der Waals surface area contributed by atoms with Crippen molar-refractivity contribution >= 4 is 29.1 Å². The van der Waals surface area contributed by atoms with Crippen LogP contribution in [-0.4, -0.2) is 21.2 Å². The highest BCUT2D eigenvalue weighted by Crippen LogP contribution is 2.28. The third-order valence-corrected chi connectivity index (χ3v) is 4.53. The smallest absolute Gasteiger partial charge is 0.277 e. The minimum Gasteiger partial charge on any atom is -0.411 e. The number of nitrogens with zero attached hydrogens (tertiary/aromatic N) is 2. The van der Waals surface area contributed by atoms with Gasteiger partial charge in [0.1, 0.15) is 0 Å². The number of thioether (sulfide) groups is 1. The van der Waals surface area contributed by atoms with Crippen molar-refractivity contribution in [3.05, 3.63) is 64.7 Å². The molecule has 0 saturated heterocycles. The molecule has 8 heteroatoms. The first-order chi connectivity index (χ1) is 11.9. The molecule has 3 rings (SSSR count). The van der Waals surface area contributed by atoms with Crippen molar-refractivity contribution in [3.8, 4) is 11.5 Å². The maximum Gasteiger partial charge on any atom is 0.277 e. The number of halogens is 3. The van der Waals surface area contributed by atoms with E-state index in [2.05, 4.69) is 10.2 Å². The number of Topliss-reactive ketones (excluding diaryl/α,β-unsaturated/α-hetero) is 1. The van der Waals surface area contributed by atoms with Gasteiger partial charge in [-0.1, -0.05) is 23.4 Å². The van der Waals surface area contributed by atoms with Crippen molar-refractivity contribution in [1.82, 2.24) is 10.2 Å². The average Bonchev–Trinajstić information content (AvgIpc) is 3.05. The van der Waals surface area contributed by atoms with Crippen LogP contribution in [0.1, 0.15) is 17.3 Å². The summed E-state index contributed by atoms with van der Waals surface area (Å²) < 4.78 is 31.8. The molecule has 25 heavy (non-hydrogen) atoms. The Bertz CT molecular complexity index is 915. The van der Waals surface area contributed by atoms with E-state index in [1.807, 2.05) is 0 Å². The van der Waals surface area contributed by atoms with Gasteiger partial charge in [0.2, 0.25) is 5.89 Å². The first-order valence-corrected chi connectivity index (χ1v) is 8.45. The Morgan fingerprint density at radius 3 is 2.52 bits per heavy atom. The molecule has 1 unspecified atom stereocenters. The minimum atomic E-state index is -1.06. The molecule has 2 aromatic carbocycles. The third-order valence-electron chi connectivity index (χ3n) is 3.35. The number of aromatic nitrogens is 2. The van der Waals surface area contributed by atoms with E-state index in [4.69, 9.17) is 16.0 Å². The van der Waals surface area contributed by atoms with Gasteiger partial charge in [-0.25, -0.2) is 8.78 Å². The lowest BCUT2D eigenvalue weighted by molar-refractivity contribution is 0.0993. The van der Waals surface area contributed by atoms with Gasteiger partial charge in [-0.05, 0) is 49.4 Å². The first-order valence-electron chi connectivity index (χ1n) is 7.19. The lowest BCUT2D eigenvalue weighted by Crippen LogP contribution is -2.14. The van der Waals surface area contributed by atoms with Crippen LogP contribution in [0.3, 0.4) is 0 Å². The molecular weight excluding hydrogens is 370 g/mol. The van der Waals surface area contributed by atoms with E-state index in [1.165, 1.54) is 6.07 Å². The van der Waals surface area contributed by atoms with Gasteiger partial charge in [0, 0.05) is 16.1 Å². The SMILES string of the molecule is CC(Sc1nnc(-c2ccc(Cl)cc2)o1)C(=O)c1ccc(F)c(F)c1. The van der Waals surface area contributed by atoms with Gasteiger partial charge in [0.25, 0.3) is 5.22 Å². The van der Waals surface area contributed by atoms with Crippen LogP contribution in [0, 0.1) is 11.6 Å². The van der Waals surface area contributed by atoms with Crippen molar-refractivity contribution in [3.63, 3.8) is 0 Å². The summed E-state index contributed by atoms with van der Waals surface area (Å²) in [5.74, 6) is -2.13. The molecule has 0 radical (unpaired) electrons. The predicted octanol–water partition coefficient (Wildman–Crippen LogP) is 5.03. The van der Waals surface area contributed by atoms with E-state index in [-0.39, 0.29) is 16.6 Å². The van der Waals surface area contributed by atoms with Crippen molar-refractivity contribution in [1.29, 1.82) is 0 Å². The number of benzene rings is 2. The van der Waals surface area contributed by atoms with E-state index in [9.17, 15) is 13.6 Å². The number of carbonyl (C=O) groups excluding carboxylic acids is 1.